The maximum atomic E-state index is 4.14. The molecule has 17 heavy (non-hydrogen) atoms. The second-order valence-corrected chi connectivity index (χ2v) is 4.32. The van der Waals surface area contributed by atoms with E-state index >= 15 is 0 Å². The van der Waals surface area contributed by atoms with Crippen molar-refractivity contribution in [3.63, 3.8) is 0 Å². The molecule has 0 aliphatic heterocycles. The minimum absolute atomic E-state index is 0.801. The molecule has 2 rings (SSSR count). The van der Waals surface area contributed by atoms with E-state index in [0.29, 0.717) is 0 Å². The van der Waals surface area contributed by atoms with Gasteiger partial charge in [-0.05, 0) is 24.3 Å². The van der Waals surface area contributed by atoms with Crippen LogP contribution in [-0.2, 0) is 13.6 Å². The normalized spacial score (nSPS) is 10.3. The van der Waals surface area contributed by atoms with Crippen LogP contribution in [0.25, 0.3) is 0 Å². The summed E-state index contributed by atoms with van der Waals surface area (Å²) in [6, 6.07) is 8.38. The highest BCUT2D eigenvalue weighted by Gasteiger charge is 1.98. The Balaban J connectivity index is 1.95. The van der Waals surface area contributed by atoms with Crippen LogP contribution in [0, 0.1) is 0 Å². The Labute approximate surface area is 102 Å². The zero-order valence-electron chi connectivity index (χ0n) is 10.5. The second-order valence-electron chi connectivity index (χ2n) is 4.32. The summed E-state index contributed by atoms with van der Waals surface area (Å²) in [6.07, 6.45) is 3.89. The van der Waals surface area contributed by atoms with Gasteiger partial charge in [0, 0.05) is 50.8 Å². The van der Waals surface area contributed by atoms with E-state index in [9.17, 15) is 0 Å². The van der Waals surface area contributed by atoms with Gasteiger partial charge in [-0.3, -0.25) is 4.68 Å². The molecule has 0 saturated heterocycles. The number of rotatable bonds is 4. The summed E-state index contributed by atoms with van der Waals surface area (Å²) in [5, 5.41) is 7.50. The van der Waals surface area contributed by atoms with Crippen LogP contribution in [0.3, 0.4) is 0 Å². The fourth-order valence-corrected chi connectivity index (χ4v) is 1.64. The van der Waals surface area contributed by atoms with E-state index < -0.39 is 0 Å². The molecular formula is C13H18N4. The number of hydrogen-bond acceptors (Lipinski definition) is 3. The molecule has 4 heteroatoms. The number of anilines is 2. The lowest BCUT2D eigenvalue weighted by atomic mass is 10.2. The minimum Gasteiger partial charge on any atom is -0.381 e. The molecule has 0 saturated carbocycles. The molecule has 0 aliphatic carbocycles. The molecule has 0 radical (unpaired) electrons. The maximum Gasteiger partial charge on any atom is 0.0539 e. The molecule has 0 aliphatic rings. The Morgan fingerprint density at radius 3 is 2.47 bits per heavy atom. The molecule has 1 aromatic carbocycles. The van der Waals surface area contributed by atoms with Gasteiger partial charge in [0.25, 0.3) is 0 Å². The third-order valence-corrected chi connectivity index (χ3v) is 2.64. The number of benzene rings is 1. The number of aryl methyl sites for hydroxylation is 1. The van der Waals surface area contributed by atoms with E-state index in [1.165, 1.54) is 11.3 Å². The van der Waals surface area contributed by atoms with Crippen molar-refractivity contribution in [2.45, 2.75) is 6.54 Å². The lowest BCUT2D eigenvalue weighted by Gasteiger charge is -2.13. The van der Waals surface area contributed by atoms with Gasteiger partial charge >= 0.3 is 0 Å². The van der Waals surface area contributed by atoms with Crippen molar-refractivity contribution in [1.29, 1.82) is 0 Å². The monoisotopic (exact) mass is 230 g/mol. The van der Waals surface area contributed by atoms with E-state index in [-0.39, 0.29) is 0 Å². The number of nitrogens with one attached hydrogen (secondary N) is 1. The molecule has 0 unspecified atom stereocenters. The van der Waals surface area contributed by atoms with Crippen molar-refractivity contribution in [3.05, 3.63) is 42.2 Å². The van der Waals surface area contributed by atoms with Crippen LogP contribution in [0.15, 0.2) is 36.7 Å². The smallest absolute Gasteiger partial charge is 0.0539 e. The average molecular weight is 230 g/mol. The molecule has 2 aromatic rings. The predicted octanol–water partition coefficient (Wildman–Crippen LogP) is 2.10. The Bertz CT molecular complexity index is 470. The molecule has 0 bridgehead atoms. The van der Waals surface area contributed by atoms with Crippen LogP contribution >= 0.6 is 0 Å². The van der Waals surface area contributed by atoms with Gasteiger partial charge in [0.15, 0.2) is 0 Å². The van der Waals surface area contributed by atoms with E-state index in [1.54, 1.807) is 0 Å². The van der Waals surface area contributed by atoms with Crippen molar-refractivity contribution in [3.8, 4) is 0 Å². The molecule has 0 atom stereocenters. The second kappa shape index (κ2) is 4.91. The van der Waals surface area contributed by atoms with Crippen LogP contribution in [0.5, 0.6) is 0 Å². The Hall–Kier alpha value is -1.97. The highest BCUT2D eigenvalue weighted by atomic mass is 15.2. The Kier molecular flexibility index (Phi) is 3.32. The first-order valence-corrected chi connectivity index (χ1v) is 5.64. The van der Waals surface area contributed by atoms with Gasteiger partial charge in [-0.2, -0.15) is 5.10 Å². The molecule has 1 aromatic heterocycles. The minimum atomic E-state index is 0.801. The highest BCUT2D eigenvalue weighted by molar-refractivity contribution is 5.54. The third-order valence-electron chi connectivity index (χ3n) is 2.64. The van der Waals surface area contributed by atoms with Gasteiger partial charge in [-0.25, -0.2) is 0 Å². The van der Waals surface area contributed by atoms with Gasteiger partial charge in [-0.1, -0.05) is 0 Å². The highest BCUT2D eigenvalue weighted by Crippen LogP contribution is 2.16. The van der Waals surface area contributed by atoms with Crippen LogP contribution in [0.2, 0.25) is 0 Å². The van der Waals surface area contributed by atoms with Crippen molar-refractivity contribution in [2.75, 3.05) is 24.3 Å². The molecule has 0 amide bonds. The SMILES string of the molecule is CN(C)c1ccc(NCc2cnn(C)c2)cc1. The van der Waals surface area contributed by atoms with Gasteiger partial charge in [-0.15, -0.1) is 0 Å². The standard InChI is InChI=1S/C13H18N4/c1-16(2)13-6-4-12(5-7-13)14-8-11-9-15-17(3)10-11/h4-7,9-10,14H,8H2,1-3H3. The summed E-state index contributed by atoms with van der Waals surface area (Å²) in [5.74, 6) is 0. The Morgan fingerprint density at radius 1 is 1.24 bits per heavy atom. The zero-order chi connectivity index (χ0) is 12.3. The summed E-state index contributed by atoms with van der Waals surface area (Å²) in [7, 11) is 6.01. The number of aromatic nitrogens is 2. The Morgan fingerprint density at radius 2 is 1.94 bits per heavy atom. The summed E-state index contributed by atoms with van der Waals surface area (Å²) in [6.45, 7) is 0.801. The lowest BCUT2D eigenvalue weighted by Crippen LogP contribution is -2.08. The predicted molar refractivity (Wildman–Crippen MR) is 71.3 cm³/mol. The number of nitrogens with zero attached hydrogens (tertiary/aromatic N) is 3. The summed E-state index contributed by atoms with van der Waals surface area (Å²) in [4.78, 5) is 2.09. The number of hydrogen-bond donors (Lipinski definition) is 1. The molecule has 1 heterocycles. The van der Waals surface area contributed by atoms with Gasteiger partial charge in [0.05, 0.1) is 6.20 Å². The first-order chi connectivity index (χ1) is 8.15. The summed E-state index contributed by atoms with van der Waals surface area (Å²) >= 11 is 0. The first kappa shape index (κ1) is 11.5. The molecular weight excluding hydrogens is 212 g/mol. The molecule has 0 fully saturated rings. The fraction of sp³-hybridized carbons (Fsp3) is 0.308. The van der Waals surface area contributed by atoms with Crippen molar-refractivity contribution in [1.82, 2.24) is 9.78 Å². The van der Waals surface area contributed by atoms with Crippen molar-refractivity contribution in [2.24, 2.45) is 7.05 Å². The largest absolute Gasteiger partial charge is 0.381 e. The van der Waals surface area contributed by atoms with Gasteiger partial charge in [0.1, 0.15) is 0 Å². The fourth-order valence-electron chi connectivity index (χ4n) is 1.64. The van der Waals surface area contributed by atoms with Crippen molar-refractivity contribution < 1.29 is 0 Å². The topological polar surface area (TPSA) is 33.1 Å². The summed E-state index contributed by atoms with van der Waals surface area (Å²) < 4.78 is 1.81. The van der Waals surface area contributed by atoms with E-state index in [0.717, 1.165) is 12.2 Å². The van der Waals surface area contributed by atoms with Gasteiger partial charge in [0.2, 0.25) is 0 Å². The van der Waals surface area contributed by atoms with Crippen LogP contribution in [0.4, 0.5) is 11.4 Å². The van der Waals surface area contributed by atoms with Crippen LogP contribution in [0.1, 0.15) is 5.56 Å². The molecule has 1 N–H and O–H groups in total. The van der Waals surface area contributed by atoms with Crippen LogP contribution in [-0.4, -0.2) is 23.9 Å². The third kappa shape index (κ3) is 3.00. The molecule has 0 spiro atoms. The summed E-state index contributed by atoms with van der Waals surface area (Å²) in [5.41, 5.74) is 3.51. The van der Waals surface area contributed by atoms with E-state index in [1.807, 2.05) is 38.2 Å². The van der Waals surface area contributed by atoms with E-state index in [4.69, 9.17) is 0 Å². The average Bonchev–Trinajstić information content (AvgIpc) is 2.73. The molecule has 90 valence electrons. The first-order valence-electron chi connectivity index (χ1n) is 5.64. The van der Waals surface area contributed by atoms with E-state index in [2.05, 4.69) is 39.6 Å². The van der Waals surface area contributed by atoms with Gasteiger partial charge < -0.3 is 10.2 Å². The maximum absolute atomic E-state index is 4.14. The molecule has 4 nitrogen and oxygen atoms in total. The van der Waals surface area contributed by atoms with Crippen LogP contribution < -0.4 is 10.2 Å². The zero-order valence-corrected chi connectivity index (χ0v) is 10.5. The van der Waals surface area contributed by atoms with Crippen molar-refractivity contribution >= 4 is 11.4 Å². The quantitative estimate of drug-likeness (QED) is 0.873. The lowest BCUT2D eigenvalue weighted by molar-refractivity contribution is 0.767.